The molecule has 0 aliphatic rings. The van der Waals surface area contributed by atoms with Gasteiger partial charge in [-0.1, -0.05) is 41.4 Å². The van der Waals surface area contributed by atoms with Crippen molar-refractivity contribution >= 4 is 35.1 Å². The van der Waals surface area contributed by atoms with E-state index in [1.807, 2.05) is 0 Å². The molecule has 0 aliphatic heterocycles. The minimum absolute atomic E-state index is 0.0572. The van der Waals surface area contributed by atoms with Crippen LogP contribution in [-0.4, -0.2) is 30.1 Å². The monoisotopic (exact) mass is 367 g/mol. The van der Waals surface area contributed by atoms with E-state index in [2.05, 4.69) is 5.32 Å². The van der Waals surface area contributed by atoms with E-state index in [9.17, 15) is 14.7 Å². The Morgan fingerprint density at radius 1 is 1.12 bits per heavy atom. The second-order valence-electron chi connectivity index (χ2n) is 5.01. The van der Waals surface area contributed by atoms with Crippen LogP contribution in [0.3, 0.4) is 0 Å². The summed E-state index contributed by atoms with van der Waals surface area (Å²) in [4.78, 5) is 23.8. The highest BCUT2D eigenvalue weighted by atomic mass is 35.5. The minimum Gasteiger partial charge on any atom is -0.497 e. The fraction of sp³-hybridized carbons (Fsp3) is 0.176. The number of carbonyl (C=O) groups is 2. The number of halogens is 2. The van der Waals surface area contributed by atoms with Gasteiger partial charge in [0.25, 0.3) is 5.91 Å². The Morgan fingerprint density at radius 3 is 2.21 bits per heavy atom. The van der Waals surface area contributed by atoms with Crippen molar-refractivity contribution in [3.8, 4) is 5.75 Å². The molecule has 126 valence electrons. The molecule has 2 N–H and O–H groups in total. The average Bonchev–Trinajstić information content (AvgIpc) is 2.54. The zero-order valence-electron chi connectivity index (χ0n) is 12.8. The first-order valence-electron chi connectivity index (χ1n) is 7.03. The Hall–Kier alpha value is -2.24. The van der Waals surface area contributed by atoms with Crippen LogP contribution in [0.15, 0.2) is 42.5 Å². The van der Waals surface area contributed by atoms with Gasteiger partial charge in [0.05, 0.1) is 22.7 Å². The van der Waals surface area contributed by atoms with Crippen molar-refractivity contribution in [2.75, 3.05) is 7.11 Å². The van der Waals surface area contributed by atoms with Gasteiger partial charge in [0.2, 0.25) is 0 Å². The molecule has 0 saturated carbocycles. The zero-order valence-corrected chi connectivity index (χ0v) is 14.3. The van der Waals surface area contributed by atoms with Gasteiger partial charge in [0.1, 0.15) is 11.8 Å². The van der Waals surface area contributed by atoms with E-state index >= 15 is 0 Å². The lowest BCUT2D eigenvalue weighted by Gasteiger charge is -2.16. The third-order valence-corrected chi connectivity index (χ3v) is 4.02. The van der Waals surface area contributed by atoms with Gasteiger partial charge in [-0.15, -0.1) is 0 Å². The van der Waals surface area contributed by atoms with Crippen LogP contribution < -0.4 is 10.1 Å². The molecule has 2 rings (SSSR count). The number of hydrogen-bond acceptors (Lipinski definition) is 3. The van der Waals surface area contributed by atoms with E-state index < -0.39 is 17.9 Å². The normalized spacial score (nSPS) is 11.6. The van der Waals surface area contributed by atoms with Crippen molar-refractivity contribution in [2.45, 2.75) is 12.5 Å². The summed E-state index contributed by atoms with van der Waals surface area (Å²) in [6.45, 7) is 0. The number of rotatable bonds is 6. The van der Waals surface area contributed by atoms with E-state index in [1.54, 1.807) is 37.4 Å². The SMILES string of the molecule is COc1ccc(C[C@H](NC(=O)c2c(Cl)cccc2Cl)C(=O)O)cc1. The molecule has 0 heterocycles. The predicted octanol–water partition coefficient (Wildman–Crippen LogP) is 3.43. The molecule has 0 radical (unpaired) electrons. The second kappa shape index (κ2) is 8.04. The Balaban J connectivity index is 2.16. The minimum atomic E-state index is -1.15. The van der Waals surface area contributed by atoms with Crippen LogP contribution in [0.25, 0.3) is 0 Å². The van der Waals surface area contributed by atoms with E-state index in [1.165, 1.54) is 12.1 Å². The first kappa shape index (κ1) is 18.1. The summed E-state index contributed by atoms with van der Waals surface area (Å²) in [7, 11) is 1.54. The number of benzene rings is 2. The van der Waals surface area contributed by atoms with Crippen LogP contribution in [0, 0.1) is 0 Å². The number of nitrogens with one attached hydrogen (secondary N) is 1. The highest BCUT2D eigenvalue weighted by molar-refractivity contribution is 6.39. The molecule has 0 aliphatic carbocycles. The fourth-order valence-corrected chi connectivity index (χ4v) is 2.71. The van der Waals surface area contributed by atoms with Crippen LogP contribution in [-0.2, 0) is 11.2 Å². The molecular weight excluding hydrogens is 353 g/mol. The zero-order chi connectivity index (χ0) is 17.7. The highest BCUT2D eigenvalue weighted by Gasteiger charge is 2.23. The van der Waals surface area contributed by atoms with Crippen molar-refractivity contribution in [2.24, 2.45) is 0 Å². The smallest absolute Gasteiger partial charge is 0.326 e. The molecule has 7 heteroatoms. The predicted molar refractivity (Wildman–Crippen MR) is 92.1 cm³/mol. The van der Waals surface area contributed by atoms with Crippen molar-refractivity contribution in [1.29, 1.82) is 0 Å². The number of amides is 1. The maximum absolute atomic E-state index is 12.3. The maximum atomic E-state index is 12.3. The van der Waals surface area contributed by atoms with Gasteiger partial charge < -0.3 is 15.2 Å². The highest BCUT2D eigenvalue weighted by Crippen LogP contribution is 2.24. The average molecular weight is 368 g/mol. The fourth-order valence-electron chi connectivity index (χ4n) is 2.14. The van der Waals surface area contributed by atoms with E-state index in [0.29, 0.717) is 5.75 Å². The first-order valence-corrected chi connectivity index (χ1v) is 7.78. The van der Waals surface area contributed by atoms with Crippen LogP contribution in [0.2, 0.25) is 10.0 Å². The number of carboxylic acids is 1. The van der Waals surface area contributed by atoms with E-state index in [-0.39, 0.29) is 22.0 Å². The molecule has 0 spiro atoms. The van der Waals surface area contributed by atoms with E-state index in [0.717, 1.165) is 5.56 Å². The summed E-state index contributed by atoms with van der Waals surface area (Å²) in [5.41, 5.74) is 0.801. The van der Waals surface area contributed by atoms with Gasteiger partial charge in [-0.3, -0.25) is 4.79 Å². The Kier molecular flexibility index (Phi) is 6.06. The van der Waals surface area contributed by atoms with Crippen molar-refractivity contribution in [3.05, 3.63) is 63.6 Å². The lowest BCUT2D eigenvalue weighted by atomic mass is 10.1. The summed E-state index contributed by atoms with van der Waals surface area (Å²) in [6, 6.07) is 10.4. The summed E-state index contributed by atoms with van der Waals surface area (Å²) in [6.07, 6.45) is 0.118. The number of hydrogen-bond donors (Lipinski definition) is 2. The van der Waals surface area contributed by atoms with Crippen LogP contribution in [0.4, 0.5) is 0 Å². The second-order valence-corrected chi connectivity index (χ2v) is 5.83. The molecule has 5 nitrogen and oxygen atoms in total. The Bertz CT molecular complexity index is 727. The third kappa shape index (κ3) is 4.40. The number of carbonyl (C=O) groups excluding carboxylic acids is 1. The van der Waals surface area contributed by atoms with Gasteiger partial charge >= 0.3 is 5.97 Å². The summed E-state index contributed by atoms with van der Waals surface area (Å²) >= 11 is 11.9. The number of aliphatic carboxylic acids is 1. The van der Waals surface area contributed by atoms with Crippen LogP contribution >= 0.6 is 23.2 Å². The summed E-state index contributed by atoms with van der Waals surface area (Å²) < 4.78 is 5.05. The molecule has 0 fully saturated rings. The Morgan fingerprint density at radius 2 is 1.71 bits per heavy atom. The van der Waals surface area contributed by atoms with Gasteiger partial charge in [0, 0.05) is 6.42 Å². The molecule has 2 aromatic rings. The largest absolute Gasteiger partial charge is 0.497 e. The number of ether oxygens (including phenoxy) is 1. The van der Waals surface area contributed by atoms with Gasteiger partial charge in [-0.25, -0.2) is 4.79 Å². The number of carboxylic acid groups (broad SMARTS) is 1. The molecule has 2 aromatic carbocycles. The Labute approximate surface area is 149 Å². The van der Waals surface area contributed by atoms with Crippen molar-refractivity contribution < 1.29 is 19.4 Å². The molecule has 1 amide bonds. The molecular formula is C17H15Cl2NO4. The van der Waals surface area contributed by atoms with Crippen molar-refractivity contribution in [1.82, 2.24) is 5.32 Å². The molecule has 0 saturated heterocycles. The van der Waals surface area contributed by atoms with Crippen LogP contribution in [0.1, 0.15) is 15.9 Å². The summed E-state index contributed by atoms with van der Waals surface area (Å²) in [5, 5.41) is 12.1. The quantitative estimate of drug-likeness (QED) is 0.819. The third-order valence-electron chi connectivity index (χ3n) is 3.39. The van der Waals surface area contributed by atoms with Gasteiger partial charge in [-0.2, -0.15) is 0 Å². The van der Waals surface area contributed by atoms with Gasteiger partial charge in [0.15, 0.2) is 0 Å². The van der Waals surface area contributed by atoms with Crippen LogP contribution in [0.5, 0.6) is 5.75 Å². The van der Waals surface area contributed by atoms with E-state index in [4.69, 9.17) is 27.9 Å². The van der Waals surface area contributed by atoms with Gasteiger partial charge in [-0.05, 0) is 29.8 Å². The maximum Gasteiger partial charge on any atom is 0.326 e. The molecule has 0 aromatic heterocycles. The molecule has 1 atom stereocenters. The standard InChI is InChI=1S/C17H15Cl2NO4/c1-24-11-7-5-10(6-8-11)9-14(17(22)23)20-16(21)15-12(18)3-2-4-13(15)19/h2-8,14H,9H2,1H3,(H,20,21)(H,22,23)/t14-/m0/s1. The lowest BCUT2D eigenvalue weighted by Crippen LogP contribution is -2.42. The molecule has 24 heavy (non-hydrogen) atoms. The number of methoxy groups -OCH3 is 1. The summed E-state index contributed by atoms with van der Waals surface area (Å²) in [5.74, 6) is -1.12. The topological polar surface area (TPSA) is 75.6 Å². The van der Waals surface area contributed by atoms with Crippen molar-refractivity contribution in [3.63, 3.8) is 0 Å². The first-order chi connectivity index (χ1) is 11.4. The molecule has 0 bridgehead atoms. The molecule has 0 unspecified atom stereocenters. The lowest BCUT2D eigenvalue weighted by molar-refractivity contribution is -0.139.